The van der Waals surface area contributed by atoms with E-state index in [-0.39, 0.29) is 11.8 Å². The van der Waals surface area contributed by atoms with E-state index < -0.39 is 6.04 Å². The van der Waals surface area contributed by atoms with E-state index in [9.17, 15) is 9.59 Å². The molecular weight excluding hydrogens is 202 g/mol. The molecular formula is C8H17N3O2S. The van der Waals surface area contributed by atoms with E-state index in [1.54, 1.807) is 6.92 Å². The minimum absolute atomic E-state index is 0.0368. The minimum atomic E-state index is -0.467. The average molecular weight is 219 g/mol. The van der Waals surface area contributed by atoms with E-state index in [1.807, 2.05) is 0 Å². The Morgan fingerprint density at radius 2 is 2.07 bits per heavy atom. The van der Waals surface area contributed by atoms with Crippen molar-refractivity contribution in [1.82, 2.24) is 10.6 Å². The fourth-order valence-corrected chi connectivity index (χ4v) is 1.29. The van der Waals surface area contributed by atoms with Crippen LogP contribution in [0.3, 0.4) is 0 Å². The van der Waals surface area contributed by atoms with Gasteiger partial charge in [-0.3, -0.25) is 9.59 Å². The van der Waals surface area contributed by atoms with Crippen LogP contribution in [-0.2, 0) is 9.59 Å². The molecule has 0 radical (unpaired) electrons. The van der Waals surface area contributed by atoms with Gasteiger partial charge in [-0.25, -0.2) is 0 Å². The number of nitrogens with two attached hydrogens (primary N) is 1. The zero-order valence-electron chi connectivity index (χ0n) is 8.50. The van der Waals surface area contributed by atoms with Crippen LogP contribution in [-0.4, -0.2) is 36.0 Å². The summed E-state index contributed by atoms with van der Waals surface area (Å²) < 4.78 is 0. The largest absolute Gasteiger partial charge is 0.356 e. The summed E-state index contributed by atoms with van der Waals surface area (Å²) in [6.07, 6.45) is 0. The van der Waals surface area contributed by atoms with Gasteiger partial charge in [0.15, 0.2) is 0 Å². The summed E-state index contributed by atoms with van der Waals surface area (Å²) in [5.41, 5.74) is 5.34. The van der Waals surface area contributed by atoms with Gasteiger partial charge < -0.3 is 16.4 Å². The van der Waals surface area contributed by atoms with Crippen LogP contribution in [0.25, 0.3) is 0 Å². The number of amides is 2. The average Bonchev–Trinajstić information content (AvgIpc) is 2.09. The highest BCUT2D eigenvalue weighted by atomic mass is 32.2. The second-order valence-electron chi connectivity index (χ2n) is 2.87. The zero-order valence-corrected chi connectivity index (χ0v) is 9.32. The highest BCUT2D eigenvalue weighted by Crippen LogP contribution is 1.94. The Morgan fingerprint density at radius 3 is 2.57 bits per heavy atom. The third kappa shape index (κ3) is 7.88. The van der Waals surface area contributed by atoms with Crippen LogP contribution >= 0.6 is 11.8 Å². The van der Waals surface area contributed by atoms with Crippen molar-refractivity contribution in [1.29, 1.82) is 0 Å². The van der Waals surface area contributed by atoms with Crippen molar-refractivity contribution in [3.63, 3.8) is 0 Å². The molecule has 0 aliphatic rings. The lowest BCUT2D eigenvalue weighted by atomic mass is 10.3. The third-order valence-electron chi connectivity index (χ3n) is 1.38. The number of carbonyl (C=O) groups is 2. The molecule has 0 aromatic heterocycles. The first-order valence-corrected chi connectivity index (χ1v) is 5.55. The molecule has 0 aromatic rings. The van der Waals surface area contributed by atoms with Gasteiger partial charge in [0.25, 0.3) is 0 Å². The molecule has 4 N–H and O–H groups in total. The SMILES string of the molecule is CC(=O)NCCSCNC(=O)[C@H](C)N. The van der Waals surface area contributed by atoms with E-state index in [0.29, 0.717) is 12.4 Å². The minimum Gasteiger partial charge on any atom is -0.356 e. The molecule has 0 rings (SSSR count). The summed E-state index contributed by atoms with van der Waals surface area (Å²) in [6.45, 7) is 3.73. The van der Waals surface area contributed by atoms with E-state index in [1.165, 1.54) is 18.7 Å². The van der Waals surface area contributed by atoms with Crippen molar-refractivity contribution < 1.29 is 9.59 Å². The first kappa shape index (κ1) is 13.2. The maximum atomic E-state index is 11.0. The lowest BCUT2D eigenvalue weighted by Gasteiger charge is -2.07. The normalized spacial score (nSPS) is 11.9. The van der Waals surface area contributed by atoms with Crippen LogP contribution in [0, 0.1) is 0 Å². The van der Waals surface area contributed by atoms with E-state index >= 15 is 0 Å². The molecule has 0 aliphatic carbocycles. The molecule has 82 valence electrons. The van der Waals surface area contributed by atoms with Crippen molar-refractivity contribution in [3.8, 4) is 0 Å². The summed E-state index contributed by atoms with van der Waals surface area (Å²) in [6, 6.07) is -0.467. The van der Waals surface area contributed by atoms with Gasteiger partial charge in [0, 0.05) is 19.2 Å². The van der Waals surface area contributed by atoms with Crippen molar-refractivity contribution in [2.75, 3.05) is 18.2 Å². The third-order valence-corrected chi connectivity index (χ3v) is 2.22. The Hall–Kier alpha value is -0.750. The second-order valence-corrected chi connectivity index (χ2v) is 3.97. The van der Waals surface area contributed by atoms with Gasteiger partial charge in [0.2, 0.25) is 11.8 Å². The fraction of sp³-hybridized carbons (Fsp3) is 0.750. The molecule has 14 heavy (non-hydrogen) atoms. The molecule has 1 atom stereocenters. The highest BCUT2D eigenvalue weighted by Gasteiger charge is 2.04. The molecule has 0 saturated carbocycles. The van der Waals surface area contributed by atoms with Crippen LogP contribution in [0.15, 0.2) is 0 Å². The Morgan fingerprint density at radius 1 is 1.43 bits per heavy atom. The summed E-state index contributed by atoms with van der Waals surface area (Å²) in [4.78, 5) is 21.4. The lowest BCUT2D eigenvalue weighted by Crippen LogP contribution is -2.38. The number of hydrogen-bond donors (Lipinski definition) is 3. The van der Waals surface area contributed by atoms with Crippen molar-refractivity contribution in [2.24, 2.45) is 5.73 Å². The number of thioether (sulfide) groups is 1. The predicted octanol–water partition coefficient (Wildman–Crippen LogP) is -0.723. The van der Waals surface area contributed by atoms with Crippen molar-refractivity contribution >= 4 is 23.6 Å². The summed E-state index contributed by atoms with van der Waals surface area (Å²) in [7, 11) is 0. The van der Waals surface area contributed by atoms with Gasteiger partial charge in [0.1, 0.15) is 0 Å². The summed E-state index contributed by atoms with van der Waals surface area (Å²) >= 11 is 1.54. The Kier molecular flexibility index (Phi) is 7.23. The number of hydrogen-bond acceptors (Lipinski definition) is 4. The topological polar surface area (TPSA) is 84.2 Å². The highest BCUT2D eigenvalue weighted by molar-refractivity contribution is 7.99. The summed E-state index contributed by atoms with van der Waals surface area (Å²) in [5, 5.41) is 5.32. The van der Waals surface area contributed by atoms with Gasteiger partial charge in [-0.2, -0.15) is 0 Å². The maximum absolute atomic E-state index is 11.0. The molecule has 0 spiro atoms. The van der Waals surface area contributed by atoms with Crippen molar-refractivity contribution in [2.45, 2.75) is 19.9 Å². The molecule has 0 saturated heterocycles. The first-order valence-electron chi connectivity index (χ1n) is 4.39. The lowest BCUT2D eigenvalue weighted by molar-refractivity contribution is -0.121. The Bertz CT molecular complexity index is 197. The van der Waals surface area contributed by atoms with Crippen LogP contribution in [0.5, 0.6) is 0 Å². The molecule has 2 amide bonds. The Balaban J connectivity index is 3.22. The van der Waals surface area contributed by atoms with Gasteiger partial charge >= 0.3 is 0 Å². The summed E-state index contributed by atoms with van der Waals surface area (Å²) in [5.74, 6) is 1.11. The Labute approximate surface area is 88.2 Å². The monoisotopic (exact) mass is 219 g/mol. The van der Waals surface area contributed by atoms with E-state index in [2.05, 4.69) is 10.6 Å². The molecule has 0 aromatic carbocycles. The smallest absolute Gasteiger partial charge is 0.237 e. The number of nitrogens with one attached hydrogen (secondary N) is 2. The number of rotatable bonds is 6. The molecule has 6 heteroatoms. The maximum Gasteiger partial charge on any atom is 0.237 e. The van der Waals surface area contributed by atoms with Crippen LogP contribution < -0.4 is 16.4 Å². The van der Waals surface area contributed by atoms with Gasteiger partial charge in [-0.05, 0) is 6.92 Å². The molecule has 0 heterocycles. The van der Waals surface area contributed by atoms with Crippen molar-refractivity contribution in [3.05, 3.63) is 0 Å². The second kappa shape index (κ2) is 7.64. The van der Waals surface area contributed by atoms with Crippen LogP contribution in [0.4, 0.5) is 0 Å². The van der Waals surface area contributed by atoms with Crippen LogP contribution in [0.1, 0.15) is 13.8 Å². The molecule has 5 nitrogen and oxygen atoms in total. The first-order chi connectivity index (χ1) is 6.54. The van der Waals surface area contributed by atoms with Gasteiger partial charge in [-0.1, -0.05) is 0 Å². The van der Waals surface area contributed by atoms with E-state index in [4.69, 9.17) is 5.73 Å². The zero-order chi connectivity index (χ0) is 11.0. The quantitative estimate of drug-likeness (QED) is 0.406. The standard InChI is InChI=1S/C8H17N3O2S/c1-6(9)8(13)11-5-14-4-3-10-7(2)12/h6H,3-5,9H2,1-2H3,(H,10,12)(H,11,13)/t6-/m0/s1. The number of carbonyl (C=O) groups excluding carboxylic acids is 2. The molecule has 0 fully saturated rings. The van der Waals surface area contributed by atoms with Crippen LogP contribution in [0.2, 0.25) is 0 Å². The van der Waals surface area contributed by atoms with Gasteiger partial charge in [0.05, 0.1) is 11.9 Å². The predicted molar refractivity (Wildman–Crippen MR) is 57.8 cm³/mol. The van der Waals surface area contributed by atoms with E-state index in [0.717, 1.165) is 5.75 Å². The molecule has 0 unspecified atom stereocenters. The molecule has 0 bridgehead atoms. The van der Waals surface area contributed by atoms with Gasteiger partial charge in [-0.15, -0.1) is 11.8 Å². The molecule has 0 aliphatic heterocycles. The fourth-order valence-electron chi connectivity index (χ4n) is 0.655.